The van der Waals surface area contributed by atoms with Gasteiger partial charge in [0.25, 0.3) is 0 Å². The van der Waals surface area contributed by atoms with Crippen molar-refractivity contribution in [1.29, 1.82) is 0 Å². The Balaban J connectivity index is 1.53. The van der Waals surface area contributed by atoms with E-state index in [2.05, 4.69) is 5.32 Å². The van der Waals surface area contributed by atoms with E-state index in [9.17, 15) is 14.4 Å². The highest BCUT2D eigenvalue weighted by molar-refractivity contribution is 5.99. The van der Waals surface area contributed by atoms with E-state index in [4.69, 9.17) is 18.6 Å². The Bertz CT molecular complexity index is 1260. The number of esters is 1. The molecule has 0 unspecified atom stereocenters. The topological polar surface area (TPSA) is 107 Å². The van der Waals surface area contributed by atoms with Gasteiger partial charge in [0.2, 0.25) is 11.7 Å². The minimum atomic E-state index is -0.881. The normalized spacial score (nSPS) is 17.6. The Hall–Kier alpha value is -3.85. The molecule has 4 rings (SSSR count). The van der Waals surface area contributed by atoms with Gasteiger partial charge in [0, 0.05) is 17.6 Å². The second kappa shape index (κ2) is 11.0. The molecule has 1 saturated heterocycles. The third-order valence-electron chi connectivity index (χ3n) is 5.81. The van der Waals surface area contributed by atoms with Crippen molar-refractivity contribution in [1.82, 2.24) is 4.90 Å². The number of carbonyl (C=O) groups is 3. The molecule has 2 amide bonds. The van der Waals surface area contributed by atoms with Gasteiger partial charge >= 0.3 is 12.1 Å². The van der Waals surface area contributed by atoms with Gasteiger partial charge < -0.3 is 23.9 Å². The van der Waals surface area contributed by atoms with E-state index < -0.39 is 35.7 Å². The van der Waals surface area contributed by atoms with Crippen LogP contribution in [0.15, 0.2) is 59.0 Å². The number of rotatable bonds is 7. The maximum Gasteiger partial charge on any atom is 0.411 e. The summed E-state index contributed by atoms with van der Waals surface area (Å²) in [4.78, 5) is 39.9. The summed E-state index contributed by atoms with van der Waals surface area (Å²) in [5, 5.41) is 3.52. The van der Waals surface area contributed by atoms with E-state index in [0.717, 1.165) is 5.56 Å². The molecule has 0 radical (unpaired) electrons. The van der Waals surface area contributed by atoms with E-state index >= 15 is 0 Å². The maximum absolute atomic E-state index is 13.5. The van der Waals surface area contributed by atoms with Crippen LogP contribution in [0.25, 0.3) is 11.0 Å². The summed E-state index contributed by atoms with van der Waals surface area (Å²) in [5.41, 5.74) is 1.25. The van der Waals surface area contributed by atoms with Crippen LogP contribution in [0, 0.1) is 0 Å². The Labute approximate surface area is 215 Å². The van der Waals surface area contributed by atoms with Crippen molar-refractivity contribution in [2.24, 2.45) is 0 Å². The summed E-state index contributed by atoms with van der Waals surface area (Å²) in [6.07, 6.45) is -0.586. The minimum absolute atomic E-state index is 0.0848. The molecule has 1 aromatic heterocycles. The van der Waals surface area contributed by atoms with Crippen LogP contribution in [0.4, 0.5) is 10.5 Å². The van der Waals surface area contributed by atoms with Crippen LogP contribution in [0.5, 0.6) is 0 Å². The van der Waals surface area contributed by atoms with Crippen molar-refractivity contribution >= 4 is 34.6 Å². The van der Waals surface area contributed by atoms with Gasteiger partial charge in [0.15, 0.2) is 0 Å². The van der Waals surface area contributed by atoms with E-state index in [-0.39, 0.29) is 12.4 Å². The second-order valence-corrected chi connectivity index (χ2v) is 9.82. The highest BCUT2D eigenvalue weighted by atomic mass is 16.6. The van der Waals surface area contributed by atoms with Crippen molar-refractivity contribution < 1.29 is 33.0 Å². The molecule has 9 heteroatoms. The Morgan fingerprint density at radius 1 is 1.08 bits per heavy atom. The molecule has 1 aliphatic heterocycles. The van der Waals surface area contributed by atoms with E-state index in [1.807, 2.05) is 30.3 Å². The molecule has 196 valence electrons. The minimum Gasteiger partial charge on any atom is -0.460 e. The molecule has 0 aliphatic carbocycles. The molecule has 3 aromatic rings. The third kappa shape index (κ3) is 6.48. The number of fused-ring (bicyclic) bond motifs is 1. The maximum atomic E-state index is 13.5. The molecule has 2 atom stereocenters. The first kappa shape index (κ1) is 26.2. The zero-order valence-corrected chi connectivity index (χ0v) is 21.5. The fraction of sp³-hybridized carbons (Fsp3) is 0.393. The number of benzene rings is 2. The van der Waals surface area contributed by atoms with Crippen LogP contribution < -0.4 is 5.32 Å². The number of nitrogens with one attached hydrogen (secondary N) is 1. The quantitative estimate of drug-likeness (QED) is 0.440. The predicted molar refractivity (Wildman–Crippen MR) is 137 cm³/mol. The Kier molecular flexibility index (Phi) is 7.83. The number of anilines is 1. The lowest BCUT2D eigenvalue weighted by Gasteiger charge is -2.29. The molecule has 2 heterocycles. The number of hydrogen-bond acceptors (Lipinski definition) is 7. The van der Waals surface area contributed by atoms with E-state index in [0.29, 0.717) is 36.2 Å². The number of furan rings is 1. The van der Waals surface area contributed by atoms with Gasteiger partial charge in [-0.2, -0.15) is 0 Å². The van der Waals surface area contributed by atoms with Gasteiger partial charge in [-0.25, -0.2) is 9.59 Å². The van der Waals surface area contributed by atoms with E-state index in [1.54, 1.807) is 52.0 Å². The first-order valence-electron chi connectivity index (χ1n) is 12.3. The fourth-order valence-electron chi connectivity index (χ4n) is 4.19. The van der Waals surface area contributed by atoms with Crippen molar-refractivity contribution in [3.63, 3.8) is 0 Å². The summed E-state index contributed by atoms with van der Waals surface area (Å²) in [5.74, 6) is -0.863. The zero-order valence-electron chi connectivity index (χ0n) is 21.5. The number of nitrogens with zero attached hydrogens (tertiary/aromatic N) is 1. The van der Waals surface area contributed by atoms with Crippen LogP contribution in [0.1, 0.15) is 50.2 Å². The highest BCUT2D eigenvalue weighted by Gasteiger charge is 2.44. The number of likely N-dealkylation sites (tertiary alicyclic amines) is 1. The third-order valence-corrected chi connectivity index (χ3v) is 5.81. The van der Waals surface area contributed by atoms with Crippen LogP contribution in [0.2, 0.25) is 0 Å². The summed E-state index contributed by atoms with van der Waals surface area (Å²) < 4.78 is 22.2. The lowest BCUT2D eigenvalue weighted by molar-refractivity contribution is -0.124. The van der Waals surface area contributed by atoms with Gasteiger partial charge in [-0.15, -0.1) is 0 Å². The van der Waals surface area contributed by atoms with Crippen LogP contribution >= 0.6 is 0 Å². The number of ether oxygens (including phenoxy) is 3. The van der Waals surface area contributed by atoms with Gasteiger partial charge in [-0.1, -0.05) is 30.3 Å². The predicted octanol–water partition coefficient (Wildman–Crippen LogP) is 5.14. The molecule has 0 bridgehead atoms. The van der Waals surface area contributed by atoms with Gasteiger partial charge in [0.1, 0.15) is 17.2 Å². The molecule has 9 nitrogen and oxygen atoms in total. The molecular weight excluding hydrogens is 476 g/mol. The van der Waals surface area contributed by atoms with Crippen molar-refractivity contribution in [3.05, 3.63) is 65.9 Å². The molecule has 0 spiro atoms. The van der Waals surface area contributed by atoms with Crippen LogP contribution in [-0.2, 0) is 25.6 Å². The molecule has 1 fully saturated rings. The standard InChI is InChI=1S/C28H32N2O7/c1-5-34-26(32)23-16-19-15-20(11-12-21(19)36-23)29-25(31)24-22(35-17-18-9-7-6-8-10-18)13-14-30(24)27(33)37-28(2,3)4/h6-12,15-16,22,24H,5,13-14,17H2,1-4H3,(H,29,31)/t22-,24+/m1/s1. The van der Waals surface area contributed by atoms with Gasteiger partial charge in [0.05, 0.1) is 19.3 Å². The largest absolute Gasteiger partial charge is 0.460 e. The van der Waals surface area contributed by atoms with Crippen molar-refractivity contribution in [2.45, 2.75) is 58.5 Å². The Morgan fingerprint density at radius 2 is 1.84 bits per heavy atom. The zero-order chi connectivity index (χ0) is 26.6. The summed E-state index contributed by atoms with van der Waals surface area (Å²) in [6.45, 7) is 7.94. The highest BCUT2D eigenvalue weighted by Crippen LogP contribution is 2.28. The molecule has 1 aliphatic rings. The number of carbonyl (C=O) groups excluding carboxylic acids is 3. The first-order valence-corrected chi connectivity index (χ1v) is 12.3. The Morgan fingerprint density at radius 3 is 2.54 bits per heavy atom. The summed E-state index contributed by atoms with van der Waals surface area (Å²) in [6, 6.07) is 15.4. The van der Waals surface area contributed by atoms with Gasteiger partial charge in [-0.3, -0.25) is 9.69 Å². The average molecular weight is 509 g/mol. The number of hydrogen-bond donors (Lipinski definition) is 1. The first-order chi connectivity index (χ1) is 17.6. The van der Waals surface area contributed by atoms with Crippen molar-refractivity contribution in [3.8, 4) is 0 Å². The summed E-state index contributed by atoms with van der Waals surface area (Å²) >= 11 is 0. The number of amides is 2. The molecule has 1 N–H and O–H groups in total. The smallest absolute Gasteiger partial charge is 0.411 e. The van der Waals surface area contributed by atoms with Crippen LogP contribution in [-0.4, -0.2) is 53.8 Å². The van der Waals surface area contributed by atoms with Crippen molar-refractivity contribution in [2.75, 3.05) is 18.5 Å². The lowest BCUT2D eigenvalue weighted by Crippen LogP contribution is -2.49. The van der Waals surface area contributed by atoms with Gasteiger partial charge in [-0.05, 0) is 63.9 Å². The molecular formula is C28H32N2O7. The average Bonchev–Trinajstić information content (AvgIpc) is 3.47. The second-order valence-electron chi connectivity index (χ2n) is 9.82. The SMILES string of the molecule is CCOC(=O)c1cc2cc(NC(=O)[C@@H]3[C@H](OCc4ccccc4)CCN3C(=O)OC(C)(C)C)ccc2o1. The molecule has 37 heavy (non-hydrogen) atoms. The van der Waals surface area contributed by atoms with Crippen LogP contribution in [0.3, 0.4) is 0 Å². The lowest BCUT2D eigenvalue weighted by atomic mass is 10.1. The monoisotopic (exact) mass is 508 g/mol. The van der Waals surface area contributed by atoms with E-state index in [1.165, 1.54) is 4.90 Å². The fourth-order valence-corrected chi connectivity index (χ4v) is 4.19. The summed E-state index contributed by atoms with van der Waals surface area (Å²) in [7, 11) is 0. The molecule has 2 aromatic carbocycles. The molecule has 0 saturated carbocycles.